The average molecular weight is 729 g/mol. The first-order chi connectivity index (χ1) is 26.8. The van der Waals surface area contributed by atoms with E-state index in [9.17, 15) is 0 Å². The van der Waals surface area contributed by atoms with Crippen molar-refractivity contribution >= 4 is 39.8 Å². The molecular weight excluding hydrogens is 685 g/mol. The lowest BCUT2D eigenvalue weighted by Crippen LogP contribution is -2.48. The molecule has 0 amide bonds. The molecule has 1 aliphatic heterocycles. The first kappa shape index (κ1) is 34.6. The van der Waals surface area contributed by atoms with Crippen molar-refractivity contribution in [3.05, 3.63) is 198 Å². The third kappa shape index (κ3) is 6.15. The lowest BCUT2D eigenvalue weighted by Gasteiger charge is -2.52. The first-order valence-corrected chi connectivity index (χ1v) is 19.9. The molecule has 7 aromatic carbocycles. The summed E-state index contributed by atoms with van der Waals surface area (Å²) in [5.74, 6) is 0. The monoisotopic (exact) mass is 728 g/mol. The molecule has 8 aromatic rings. The Morgan fingerprint density at radius 1 is 0.455 bits per heavy atom. The molecule has 9 rings (SSSR count). The SMILES string of the molecule is Cc1ccc(-c2sc(-c3ccc(N(c4ccc(N5c6cccc(C)c6C5(C)C)cc4)c4cccc(C)c4)cc3)c(-c3ccccc3)c2-c2ccccc2)cc1. The van der Waals surface area contributed by atoms with E-state index in [4.69, 9.17) is 0 Å². The second kappa shape index (κ2) is 13.9. The molecule has 0 aliphatic carbocycles. The third-order valence-electron chi connectivity index (χ3n) is 11.0. The minimum Gasteiger partial charge on any atom is -0.331 e. The summed E-state index contributed by atoms with van der Waals surface area (Å²) in [6, 6.07) is 64.4. The number of thiophene rings is 1. The van der Waals surface area contributed by atoms with Crippen molar-refractivity contribution in [2.45, 2.75) is 40.2 Å². The normalized spacial score (nSPS) is 12.9. The second-order valence-electron chi connectivity index (χ2n) is 15.2. The minimum atomic E-state index is -0.0612. The van der Waals surface area contributed by atoms with Crippen LogP contribution in [0.2, 0.25) is 0 Å². The zero-order chi connectivity index (χ0) is 37.7. The summed E-state index contributed by atoms with van der Waals surface area (Å²) < 4.78 is 0. The highest BCUT2D eigenvalue weighted by molar-refractivity contribution is 7.20. The molecular formula is C52H44N2S. The van der Waals surface area contributed by atoms with Crippen LogP contribution in [-0.2, 0) is 5.54 Å². The summed E-state index contributed by atoms with van der Waals surface area (Å²) in [5.41, 5.74) is 18.6. The van der Waals surface area contributed by atoms with Gasteiger partial charge in [0.2, 0.25) is 0 Å². The molecule has 0 N–H and O–H groups in total. The van der Waals surface area contributed by atoms with Crippen molar-refractivity contribution < 1.29 is 0 Å². The van der Waals surface area contributed by atoms with Gasteiger partial charge in [-0.1, -0.05) is 127 Å². The molecule has 0 saturated carbocycles. The van der Waals surface area contributed by atoms with Crippen molar-refractivity contribution in [2.75, 3.05) is 9.80 Å². The highest BCUT2D eigenvalue weighted by Crippen LogP contribution is 2.54. The molecule has 1 aromatic heterocycles. The number of hydrogen-bond acceptors (Lipinski definition) is 3. The van der Waals surface area contributed by atoms with Gasteiger partial charge in [0.1, 0.15) is 0 Å². The summed E-state index contributed by atoms with van der Waals surface area (Å²) in [4.78, 5) is 7.39. The Morgan fingerprint density at radius 2 is 0.982 bits per heavy atom. The topological polar surface area (TPSA) is 6.48 Å². The molecule has 2 nitrogen and oxygen atoms in total. The van der Waals surface area contributed by atoms with E-state index in [1.54, 1.807) is 0 Å². The Kier molecular flexibility index (Phi) is 8.76. The first-order valence-electron chi connectivity index (χ1n) is 19.1. The van der Waals surface area contributed by atoms with Gasteiger partial charge in [0.25, 0.3) is 0 Å². The molecule has 0 spiro atoms. The molecule has 0 fully saturated rings. The van der Waals surface area contributed by atoms with E-state index in [2.05, 4.69) is 220 Å². The smallest absolute Gasteiger partial charge is 0.0669 e. The third-order valence-corrected chi connectivity index (χ3v) is 12.3. The number of hydrogen-bond donors (Lipinski definition) is 0. The van der Waals surface area contributed by atoms with Crippen molar-refractivity contribution in [1.29, 1.82) is 0 Å². The molecule has 55 heavy (non-hydrogen) atoms. The Morgan fingerprint density at radius 3 is 1.55 bits per heavy atom. The van der Waals surface area contributed by atoms with Crippen LogP contribution >= 0.6 is 11.3 Å². The van der Waals surface area contributed by atoms with Gasteiger partial charge in [-0.15, -0.1) is 11.3 Å². The van der Waals surface area contributed by atoms with E-state index in [1.165, 1.54) is 76.8 Å². The van der Waals surface area contributed by atoms with Crippen LogP contribution in [0, 0.1) is 20.8 Å². The fourth-order valence-corrected chi connectivity index (χ4v) is 9.84. The molecule has 0 radical (unpaired) electrons. The van der Waals surface area contributed by atoms with Crippen molar-refractivity contribution in [2.24, 2.45) is 0 Å². The number of aryl methyl sites for hydroxylation is 3. The van der Waals surface area contributed by atoms with E-state index >= 15 is 0 Å². The molecule has 2 heterocycles. The van der Waals surface area contributed by atoms with Crippen LogP contribution in [0.15, 0.2) is 176 Å². The van der Waals surface area contributed by atoms with Gasteiger partial charge < -0.3 is 9.80 Å². The van der Waals surface area contributed by atoms with Gasteiger partial charge in [-0.2, -0.15) is 0 Å². The van der Waals surface area contributed by atoms with E-state index in [0.717, 1.165) is 17.1 Å². The maximum Gasteiger partial charge on any atom is 0.0669 e. The van der Waals surface area contributed by atoms with E-state index < -0.39 is 0 Å². The van der Waals surface area contributed by atoms with Crippen LogP contribution in [0.1, 0.15) is 36.1 Å². The van der Waals surface area contributed by atoms with Gasteiger partial charge in [-0.3, -0.25) is 0 Å². The number of nitrogens with zero attached hydrogens (tertiary/aromatic N) is 2. The van der Waals surface area contributed by atoms with Crippen molar-refractivity contribution in [3.63, 3.8) is 0 Å². The second-order valence-corrected chi connectivity index (χ2v) is 16.2. The molecule has 1 aliphatic rings. The quantitative estimate of drug-likeness (QED) is 0.154. The number of fused-ring (bicyclic) bond motifs is 1. The predicted molar refractivity (Wildman–Crippen MR) is 237 cm³/mol. The van der Waals surface area contributed by atoms with Gasteiger partial charge in [-0.05, 0) is 123 Å². The minimum absolute atomic E-state index is 0.0612. The molecule has 3 heteroatoms. The van der Waals surface area contributed by atoms with Gasteiger partial charge in [0.15, 0.2) is 0 Å². The fraction of sp³-hybridized carbons (Fsp3) is 0.115. The number of anilines is 5. The maximum atomic E-state index is 2.46. The largest absolute Gasteiger partial charge is 0.331 e. The van der Waals surface area contributed by atoms with Gasteiger partial charge >= 0.3 is 0 Å². The van der Waals surface area contributed by atoms with Crippen LogP contribution in [-0.4, -0.2) is 0 Å². The van der Waals surface area contributed by atoms with Crippen LogP contribution in [0.25, 0.3) is 43.1 Å². The van der Waals surface area contributed by atoms with Crippen LogP contribution < -0.4 is 9.80 Å². The van der Waals surface area contributed by atoms with E-state index in [1.807, 2.05) is 11.3 Å². The van der Waals surface area contributed by atoms with Gasteiger partial charge in [0.05, 0.1) is 5.54 Å². The lowest BCUT2D eigenvalue weighted by molar-refractivity contribution is 0.481. The summed E-state index contributed by atoms with van der Waals surface area (Å²) >= 11 is 1.89. The predicted octanol–water partition coefficient (Wildman–Crippen LogP) is 15.2. The molecule has 0 unspecified atom stereocenters. The highest BCUT2D eigenvalue weighted by atomic mass is 32.1. The van der Waals surface area contributed by atoms with Crippen LogP contribution in [0.3, 0.4) is 0 Å². The Bertz CT molecular complexity index is 2620. The van der Waals surface area contributed by atoms with E-state index in [0.29, 0.717) is 0 Å². The van der Waals surface area contributed by atoms with Gasteiger partial charge in [0, 0.05) is 54.9 Å². The maximum absolute atomic E-state index is 2.46. The molecule has 0 saturated heterocycles. The lowest BCUT2D eigenvalue weighted by atomic mass is 9.78. The van der Waals surface area contributed by atoms with Crippen LogP contribution in [0.4, 0.5) is 28.4 Å². The van der Waals surface area contributed by atoms with Crippen LogP contribution in [0.5, 0.6) is 0 Å². The fourth-order valence-electron chi connectivity index (χ4n) is 8.49. The highest BCUT2D eigenvalue weighted by Gasteiger charge is 2.43. The number of rotatable bonds is 8. The Labute approximate surface area is 329 Å². The summed E-state index contributed by atoms with van der Waals surface area (Å²) in [5, 5.41) is 0. The Balaban J connectivity index is 1.15. The Hall–Kier alpha value is -6.16. The zero-order valence-corrected chi connectivity index (χ0v) is 32.9. The summed E-state index contributed by atoms with van der Waals surface area (Å²) in [6.07, 6.45) is 0. The molecule has 268 valence electrons. The van der Waals surface area contributed by atoms with E-state index in [-0.39, 0.29) is 5.54 Å². The van der Waals surface area contributed by atoms with Crippen molar-refractivity contribution in [3.8, 4) is 43.1 Å². The molecule has 0 bridgehead atoms. The standard InChI is InChI=1S/C52H44N2S/c1-35-22-24-40(25-23-35)50-47(38-16-8-6-9-17-38)48(39-18-10-7-11-19-39)51(55-50)41-26-28-42(29-27-41)53(45-20-12-14-36(2)34-45)43-30-32-44(33-31-43)54-46-21-13-15-37(3)49(46)52(54,4)5/h6-34H,1-5H3. The number of benzene rings is 7. The summed E-state index contributed by atoms with van der Waals surface area (Å²) in [7, 11) is 0. The summed E-state index contributed by atoms with van der Waals surface area (Å²) in [6.45, 7) is 11.2. The average Bonchev–Trinajstić information content (AvgIpc) is 3.60. The molecule has 0 atom stereocenters. The van der Waals surface area contributed by atoms with Crippen molar-refractivity contribution in [1.82, 2.24) is 0 Å². The zero-order valence-electron chi connectivity index (χ0n) is 32.0. The van der Waals surface area contributed by atoms with Gasteiger partial charge in [-0.25, -0.2) is 0 Å².